The van der Waals surface area contributed by atoms with Crippen LogP contribution in [0.3, 0.4) is 0 Å². The third kappa shape index (κ3) is 3.37. The molecule has 1 aliphatic rings. The third-order valence-corrected chi connectivity index (χ3v) is 4.58. The largest absolute Gasteiger partial charge is 0.335 e. The van der Waals surface area contributed by atoms with Crippen LogP contribution in [-0.4, -0.2) is 66.9 Å². The number of hydrogen-bond acceptors (Lipinski definition) is 2. The molecule has 21 heavy (non-hydrogen) atoms. The average Bonchev–Trinajstić information content (AvgIpc) is 2.48. The maximum absolute atomic E-state index is 12.6. The molecule has 5 nitrogen and oxygen atoms in total. The number of piperazine rings is 1. The lowest BCUT2D eigenvalue weighted by atomic mass is 10.1. The van der Waals surface area contributed by atoms with E-state index in [4.69, 9.17) is 0 Å². The van der Waals surface area contributed by atoms with Gasteiger partial charge in [-0.1, -0.05) is 22.0 Å². The van der Waals surface area contributed by atoms with E-state index >= 15 is 0 Å². The Morgan fingerprint density at radius 2 is 1.67 bits per heavy atom. The molecule has 1 aliphatic heterocycles. The Bertz CT molecular complexity index is 552. The SMILES string of the molecule is Cc1c(Br)cccc1C(=O)N1CCN(C(=O)N(C)C)CC1. The van der Waals surface area contributed by atoms with Gasteiger partial charge in [-0.15, -0.1) is 0 Å². The zero-order chi connectivity index (χ0) is 15.6. The van der Waals surface area contributed by atoms with E-state index in [1.807, 2.05) is 30.0 Å². The molecule has 1 aromatic carbocycles. The molecule has 0 unspecified atom stereocenters. The van der Waals surface area contributed by atoms with Crippen LogP contribution in [0.25, 0.3) is 0 Å². The van der Waals surface area contributed by atoms with Crippen molar-refractivity contribution in [3.63, 3.8) is 0 Å². The lowest BCUT2D eigenvalue weighted by Crippen LogP contribution is -2.52. The van der Waals surface area contributed by atoms with Crippen molar-refractivity contribution in [3.05, 3.63) is 33.8 Å². The van der Waals surface area contributed by atoms with Crippen molar-refractivity contribution < 1.29 is 9.59 Å². The highest BCUT2D eigenvalue weighted by Crippen LogP contribution is 2.21. The molecule has 0 radical (unpaired) electrons. The van der Waals surface area contributed by atoms with Crippen molar-refractivity contribution in [1.29, 1.82) is 0 Å². The number of carbonyl (C=O) groups excluding carboxylic acids is 2. The standard InChI is InChI=1S/C15H20BrN3O2/c1-11-12(5-4-6-13(11)16)14(20)18-7-9-19(10-8-18)15(21)17(2)3/h4-6H,7-10H2,1-3H3. The Kier molecular flexibility index (Phi) is 4.88. The van der Waals surface area contributed by atoms with E-state index in [9.17, 15) is 9.59 Å². The fourth-order valence-electron chi connectivity index (χ4n) is 2.39. The number of nitrogens with zero attached hydrogens (tertiary/aromatic N) is 3. The highest BCUT2D eigenvalue weighted by molar-refractivity contribution is 9.10. The first-order chi connectivity index (χ1) is 9.91. The zero-order valence-electron chi connectivity index (χ0n) is 12.6. The van der Waals surface area contributed by atoms with Gasteiger partial charge in [-0.25, -0.2) is 4.79 Å². The minimum Gasteiger partial charge on any atom is -0.335 e. The van der Waals surface area contributed by atoms with Crippen molar-refractivity contribution in [1.82, 2.24) is 14.7 Å². The molecule has 1 saturated heterocycles. The Labute approximate surface area is 133 Å². The van der Waals surface area contributed by atoms with Crippen LogP contribution >= 0.6 is 15.9 Å². The number of carbonyl (C=O) groups is 2. The first-order valence-corrected chi connectivity index (χ1v) is 7.71. The van der Waals surface area contributed by atoms with Gasteiger partial charge in [0.25, 0.3) is 5.91 Å². The van der Waals surface area contributed by atoms with Crippen LogP contribution < -0.4 is 0 Å². The van der Waals surface area contributed by atoms with Gasteiger partial charge in [0, 0.05) is 50.3 Å². The summed E-state index contributed by atoms with van der Waals surface area (Å²) >= 11 is 3.45. The maximum atomic E-state index is 12.6. The molecule has 0 atom stereocenters. The Morgan fingerprint density at radius 3 is 2.24 bits per heavy atom. The van der Waals surface area contributed by atoms with Crippen LogP contribution in [0.1, 0.15) is 15.9 Å². The van der Waals surface area contributed by atoms with Gasteiger partial charge in [-0.2, -0.15) is 0 Å². The number of halogens is 1. The zero-order valence-corrected chi connectivity index (χ0v) is 14.2. The summed E-state index contributed by atoms with van der Waals surface area (Å²) in [4.78, 5) is 29.6. The second-order valence-electron chi connectivity index (χ2n) is 5.37. The van der Waals surface area contributed by atoms with Gasteiger partial charge < -0.3 is 14.7 Å². The molecule has 1 heterocycles. The molecule has 0 N–H and O–H groups in total. The molecule has 0 aromatic heterocycles. The summed E-state index contributed by atoms with van der Waals surface area (Å²) in [5, 5.41) is 0. The summed E-state index contributed by atoms with van der Waals surface area (Å²) in [6.07, 6.45) is 0. The topological polar surface area (TPSA) is 43.9 Å². The normalized spacial score (nSPS) is 15.0. The number of benzene rings is 1. The first kappa shape index (κ1) is 15.8. The van der Waals surface area contributed by atoms with E-state index in [0.29, 0.717) is 26.2 Å². The minimum atomic E-state index is 0.000681. The molecule has 0 spiro atoms. The summed E-state index contributed by atoms with van der Waals surface area (Å²) in [5.41, 5.74) is 1.67. The predicted octanol–water partition coefficient (Wildman–Crippen LogP) is 2.20. The summed E-state index contributed by atoms with van der Waals surface area (Å²) < 4.78 is 0.940. The van der Waals surface area contributed by atoms with Crippen LogP contribution in [0.4, 0.5) is 4.79 Å². The molecular weight excluding hydrogens is 334 g/mol. The summed E-state index contributed by atoms with van der Waals surface area (Å²) in [6.45, 7) is 4.24. The van der Waals surface area contributed by atoms with Crippen molar-refractivity contribution in [2.24, 2.45) is 0 Å². The van der Waals surface area contributed by atoms with Crippen molar-refractivity contribution in [3.8, 4) is 0 Å². The highest BCUT2D eigenvalue weighted by atomic mass is 79.9. The number of hydrogen-bond donors (Lipinski definition) is 0. The number of amides is 3. The molecule has 1 fully saturated rings. The number of rotatable bonds is 1. The van der Waals surface area contributed by atoms with Crippen LogP contribution in [0.5, 0.6) is 0 Å². The van der Waals surface area contributed by atoms with E-state index in [-0.39, 0.29) is 11.9 Å². The van der Waals surface area contributed by atoms with E-state index < -0.39 is 0 Å². The summed E-state index contributed by atoms with van der Waals surface area (Å²) in [7, 11) is 3.48. The fraction of sp³-hybridized carbons (Fsp3) is 0.467. The van der Waals surface area contributed by atoms with Crippen molar-refractivity contribution >= 4 is 27.9 Å². The minimum absolute atomic E-state index is 0.000681. The Hall–Kier alpha value is -1.56. The highest BCUT2D eigenvalue weighted by Gasteiger charge is 2.26. The van der Waals surface area contributed by atoms with Crippen LogP contribution in [0.15, 0.2) is 22.7 Å². The third-order valence-electron chi connectivity index (χ3n) is 3.72. The molecule has 3 amide bonds. The monoisotopic (exact) mass is 353 g/mol. The van der Waals surface area contributed by atoms with Crippen LogP contribution in [0.2, 0.25) is 0 Å². The van der Waals surface area contributed by atoms with E-state index in [2.05, 4.69) is 15.9 Å². The van der Waals surface area contributed by atoms with E-state index in [0.717, 1.165) is 15.6 Å². The van der Waals surface area contributed by atoms with Gasteiger partial charge in [0.05, 0.1) is 0 Å². The van der Waals surface area contributed by atoms with E-state index in [1.54, 1.807) is 23.9 Å². The fourth-order valence-corrected chi connectivity index (χ4v) is 2.76. The molecule has 6 heteroatoms. The van der Waals surface area contributed by atoms with Crippen LogP contribution in [-0.2, 0) is 0 Å². The molecule has 0 saturated carbocycles. The first-order valence-electron chi connectivity index (χ1n) is 6.92. The maximum Gasteiger partial charge on any atom is 0.319 e. The van der Waals surface area contributed by atoms with Gasteiger partial charge in [0.1, 0.15) is 0 Å². The van der Waals surface area contributed by atoms with Crippen molar-refractivity contribution in [2.45, 2.75) is 6.92 Å². The molecule has 114 valence electrons. The van der Waals surface area contributed by atoms with Gasteiger partial charge >= 0.3 is 6.03 Å². The molecular formula is C15H20BrN3O2. The second-order valence-corrected chi connectivity index (χ2v) is 6.22. The lowest BCUT2D eigenvalue weighted by molar-refractivity contribution is 0.0649. The molecule has 2 rings (SSSR count). The van der Waals surface area contributed by atoms with Gasteiger partial charge in [-0.05, 0) is 24.6 Å². The van der Waals surface area contributed by atoms with Crippen LogP contribution in [0, 0.1) is 6.92 Å². The average molecular weight is 354 g/mol. The molecule has 1 aromatic rings. The lowest BCUT2D eigenvalue weighted by Gasteiger charge is -2.36. The second kappa shape index (κ2) is 6.47. The Morgan fingerprint density at radius 1 is 1.10 bits per heavy atom. The summed E-state index contributed by atoms with van der Waals surface area (Å²) in [5.74, 6) is 0.0331. The van der Waals surface area contributed by atoms with Gasteiger partial charge in [-0.3, -0.25) is 4.79 Å². The quantitative estimate of drug-likeness (QED) is 0.776. The number of urea groups is 1. The van der Waals surface area contributed by atoms with Gasteiger partial charge in [0.15, 0.2) is 0 Å². The van der Waals surface area contributed by atoms with Gasteiger partial charge in [0.2, 0.25) is 0 Å². The Balaban J connectivity index is 2.04. The smallest absolute Gasteiger partial charge is 0.319 e. The summed E-state index contributed by atoms with van der Waals surface area (Å²) in [6, 6.07) is 5.65. The predicted molar refractivity (Wildman–Crippen MR) is 85.4 cm³/mol. The molecule has 0 bridgehead atoms. The van der Waals surface area contributed by atoms with Crippen molar-refractivity contribution in [2.75, 3.05) is 40.3 Å². The molecule has 0 aliphatic carbocycles. The van der Waals surface area contributed by atoms with E-state index in [1.165, 1.54) is 0 Å².